The fourth-order valence-electron chi connectivity index (χ4n) is 4.08. The fraction of sp³-hybridized carbons (Fsp3) is 0.143. The number of benzene rings is 4. The molecule has 2 atom stereocenters. The van der Waals surface area contributed by atoms with Gasteiger partial charge in [-0.25, -0.2) is 0 Å². The Hall–Kier alpha value is -3.61. The molecular weight excluding hydrogens is 418 g/mol. The minimum atomic E-state index is -0.522. The van der Waals surface area contributed by atoms with Gasteiger partial charge in [0, 0.05) is 22.9 Å². The van der Waals surface area contributed by atoms with Crippen LogP contribution in [0.15, 0.2) is 91.0 Å². The maximum atomic E-state index is 13.4. The number of nitrogens with zero attached hydrogens (tertiary/aromatic N) is 1. The number of carbonyl (C=O) groups excluding carboxylic acids is 1. The van der Waals surface area contributed by atoms with Crippen molar-refractivity contribution < 1.29 is 9.53 Å². The zero-order valence-corrected chi connectivity index (χ0v) is 18.4. The van der Waals surface area contributed by atoms with Gasteiger partial charge in [-0.05, 0) is 40.1 Å². The molecule has 0 saturated heterocycles. The number of fused-ring (bicyclic) bond motifs is 1. The van der Waals surface area contributed by atoms with Crippen LogP contribution >= 0.6 is 11.6 Å². The topological polar surface area (TPSA) is 50.1 Å². The number of halogens is 1. The predicted octanol–water partition coefficient (Wildman–Crippen LogP) is 7.17. The summed E-state index contributed by atoms with van der Waals surface area (Å²) in [7, 11) is 1.58. The second-order valence-electron chi connectivity index (χ2n) is 7.70. The molecule has 0 amide bonds. The molecule has 4 aromatic carbocycles. The van der Waals surface area contributed by atoms with E-state index in [9.17, 15) is 10.1 Å². The first-order chi connectivity index (χ1) is 15.6. The lowest BCUT2D eigenvalue weighted by Crippen LogP contribution is -2.15. The van der Waals surface area contributed by atoms with E-state index in [1.807, 2.05) is 84.9 Å². The number of hydrogen-bond acceptors (Lipinski definition) is 3. The van der Waals surface area contributed by atoms with E-state index in [0.717, 1.165) is 21.9 Å². The van der Waals surface area contributed by atoms with Crippen LogP contribution in [0.2, 0.25) is 5.02 Å². The van der Waals surface area contributed by atoms with Gasteiger partial charge >= 0.3 is 0 Å². The standard InChI is InChI=1S/C28H22ClNO2/c1-32-23-13-14-24(27(29)16-23)25(26(18-30)20-8-3-2-4-9-20)17-28(31)22-12-11-19-7-5-6-10-21(19)15-22/h2-16,25-26H,17H2,1H3/t25-,26-/m1/s1. The molecule has 0 saturated carbocycles. The van der Waals surface area contributed by atoms with Gasteiger partial charge in [-0.2, -0.15) is 5.26 Å². The Morgan fingerprint density at radius 3 is 2.34 bits per heavy atom. The molecule has 0 N–H and O–H groups in total. The maximum absolute atomic E-state index is 13.4. The average Bonchev–Trinajstić information content (AvgIpc) is 2.84. The summed E-state index contributed by atoms with van der Waals surface area (Å²) in [6.45, 7) is 0. The van der Waals surface area contributed by atoms with Gasteiger partial charge in [-0.15, -0.1) is 0 Å². The van der Waals surface area contributed by atoms with Gasteiger partial charge < -0.3 is 4.74 Å². The first-order valence-electron chi connectivity index (χ1n) is 10.4. The van der Waals surface area contributed by atoms with Gasteiger partial charge in [-0.1, -0.05) is 84.4 Å². The van der Waals surface area contributed by atoms with Crippen LogP contribution in [-0.4, -0.2) is 12.9 Å². The largest absolute Gasteiger partial charge is 0.497 e. The second kappa shape index (κ2) is 9.68. The van der Waals surface area contributed by atoms with E-state index in [1.54, 1.807) is 13.2 Å². The van der Waals surface area contributed by atoms with Crippen molar-refractivity contribution in [3.8, 4) is 11.8 Å². The molecule has 0 unspecified atom stereocenters. The monoisotopic (exact) mass is 439 g/mol. The molecule has 3 nitrogen and oxygen atoms in total. The van der Waals surface area contributed by atoms with E-state index in [4.69, 9.17) is 16.3 Å². The van der Waals surface area contributed by atoms with E-state index in [2.05, 4.69) is 6.07 Å². The van der Waals surface area contributed by atoms with Crippen LogP contribution in [0.1, 0.15) is 39.7 Å². The molecule has 0 bridgehead atoms. The third-order valence-corrected chi connectivity index (χ3v) is 6.11. The lowest BCUT2D eigenvalue weighted by atomic mass is 9.78. The van der Waals surface area contributed by atoms with Gasteiger partial charge in [0.15, 0.2) is 5.78 Å². The summed E-state index contributed by atoms with van der Waals surface area (Å²) in [4.78, 5) is 13.4. The Bertz CT molecular complexity index is 1290. The number of ketones is 1. The second-order valence-corrected chi connectivity index (χ2v) is 8.11. The molecule has 4 rings (SSSR count). The number of methoxy groups -OCH3 is 1. The molecule has 0 aromatic heterocycles. The summed E-state index contributed by atoms with van der Waals surface area (Å²) >= 11 is 6.60. The molecule has 0 fully saturated rings. The lowest BCUT2D eigenvalue weighted by molar-refractivity contribution is 0.0972. The minimum absolute atomic E-state index is 0.0242. The number of Topliss-reactive ketones (excluding diaryl/α,β-unsaturated/α-hetero) is 1. The highest BCUT2D eigenvalue weighted by molar-refractivity contribution is 6.31. The van der Waals surface area contributed by atoms with Crippen LogP contribution in [0.25, 0.3) is 10.8 Å². The molecule has 32 heavy (non-hydrogen) atoms. The van der Waals surface area contributed by atoms with Crippen molar-refractivity contribution in [1.29, 1.82) is 5.26 Å². The van der Waals surface area contributed by atoms with Crippen molar-refractivity contribution >= 4 is 28.2 Å². The van der Waals surface area contributed by atoms with E-state index in [0.29, 0.717) is 16.3 Å². The predicted molar refractivity (Wildman–Crippen MR) is 128 cm³/mol. The minimum Gasteiger partial charge on any atom is -0.497 e. The summed E-state index contributed by atoms with van der Waals surface area (Å²) in [5.74, 6) is -0.318. The van der Waals surface area contributed by atoms with Crippen LogP contribution in [0, 0.1) is 11.3 Å². The number of nitriles is 1. The number of rotatable bonds is 7. The first kappa shape index (κ1) is 21.6. The highest BCUT2D eigenvalue weighted by atomic mass is 35.5. The van der Waals surface area contributed by atoms with Crippen molar-refractivity contribution in [3.63, 3.8) is 0 Å². The highest BCUT2D eigenvalue weighted by Gasteiger charge is 2.29. The van der Waals surface area contributed by atoms with E-state index in [1.165, 1.54) is 0 Å². The molecule has 0 aliphatic heterocycles. The Kier molecular flexibility index (Phi) is 6.54. The van der Waals surface area contributed by atoms with E-state index in [-0.39, 0.29) is 12.2 Å². The van der Waals surface area contributed by atoms with E-state index < -0.39 is 11.8 Å². The van der Waals surface area contributed by atoms with Crippen molar-refractivity contribution in [2.24, 2.45) is 0 Å². The van der Waals surface area contributed by atoms with Crippen LogP contribution in [-0.2, 0) is 0 Å². The zero-order valence-electron chi connectivity index (χ0n) is 17.7. The van der Waals surface area contributed by atoms with Gasteiger partial charge in [-0.3, -0.25) is 4.79 Å². The number of ether oxygens (including phenoxy) is 1. The molecule has 0 heterocycles. The van der Waals surface area contributed by atoms with Crippen molar-refractivity contribution in [3.05, 3.63) is 113 Å². The summed E-state index contributed by atoms with van der Waals surface area (Å²) in [5, 5.41) is 12.7. The summed E-state index contributed by atoms with van der Waals surface area (Å²) in [6, 6.07) is 31.0. The van der Waals surface area contributed by atoms with Gasteiger partial charge in [0.05, 0.1) is 19.1 Å². The quantitative estimate of drug-likeness (QED) is 0.287. The van der Waals surface area contributed by atoms with Crippen LogP contribution < -0.4 is 4.74 Å². The Balaban J connectivity index is 1.74. The molecule has 4 aromatic rings. The van der Waals surface area contributed by atoms with Crippen molar-refractivity contribution in [2.45, 2.75) is 18.3 Å². The van der Waals surface area contributed by atoms with E-state index >= 15 is 0 Å². The van der Waals surface area contributed by atoms with Crippen molar-refractivity contribution in [2.75, 3.05) is 7.11 Å². The summed E-state index contributed by atoms with van der Waals surface area (Å²) in [5.41, 5.74) is 2.25. The summed E-state index contributed by atoms with van der Waals surface area (Å²) < 4.78 is 5.28. The lowest BCUT2D eigenvalue weighted by Gasteiger charge is -2.24. The summed E-state index contributed by atoms with van der Waals surface area (Å²) in [6.07, 6.45) is 0.164. The van der Waals surface area contributed by atoms with Crippen LogP contribution in [0.4, 0.5) is 0 Å². The molecule has 0 aliphatic rings. The Labute approximate surface area is 192 Å². The smallest absolute Gasteiger partial charge is 0.163 e. The van der Waals surface area contributed by atoms with Gasteiger partial charge in [0.1, 0.15) is 5.75 Å². The molecule has 0 spiro atoms. The first-order valence-corrected chi connectivity index (χ1v) is 10.8. The Morgan fingerprint density at radius 1 is 0.938 bits per heavy atom. The number of hydrogen-bond donors (Lipinski definition) is 0. The molecular formula is C28H22ClNO2. The van der Waals surface area contributed by atoms with Crippen molar-refractivity contribution in [1.82, 2.24) is 0 Å². The van der Waals surface area contributed by atoms with Gasteiger partial charge in [0.2, 0.25) is 0 Å². The van der Waals surface area contributed by atoms with Crippen LogP contribution in [0.3, 0.4) is 0 Å². The zero-order chi connectivity index (χ0) is 22.5. The molecule has 158 valence electrons. The molecule has 0 aliphatic carbocycles. The number of carbonyl (C=O) groups is 1. The molecule has 0 radical (unpaired) electrons. The molecule has 4 heteroatoms. The SMILES string of the molecule is COc1ccc([C@@H](CC(=O)c2ccc3ccccc3c2)[C@H](C#N)c2ccccc2)c(Cl)c1. The normalized spacial score (nSPS) is 12.7. The van der Waals surface area contributed by atoms with Crippen LogP contribution in [0.5, 0.6) is 5.75 Å². The van der Waals surface area contributed by atoms with Gasteiger partial charge in [0.25, 0.3) is 0 Å². The third-order valence-electron chi connectivity index (χ3n) is 5.78. The maximum Gasteiger partial charge on any atom is 0.163 e. The average molecular weight is 440 g/mol. The third kappa shape index (κ3) is 4.51. The Morgan fingerprint density at radius 2 is 1.66 bits per heavy atom. The highest BCUT2D eigenvalue weighted by Crippen LogP contribution is 2.40. The fourth-order valence-corrected chi connectivity index (χ4v) is 4.39.